The molecule has 0 bridgehead atoms. The van der Waals surface area contributed by atoms with Gasteiger partial charge in [-0.15, -0.1) is 15.0 Å². The molecule has 2 rings (SSSR count). The Bertz CT molecular complexity index is 847. The first-order valence-electron chi connectivity index (χ1n) is 8.90. The summed E-state index contributed by atoms with van der Waals surface area (Å²) in [4.78, 5) is 24.2. The summed E-state index contributed by atoms with van der Waals surface area (Å²) in [5.41, 5.74) is 1.29. The Morgan fingerprint density at radius 3 is 2.43 bits per heavy atom. The van der Waals surface area contributed by atoms with Crippen LogP contribution >= 0.6 is 0 Å². The van der Waals surface area contributed by atoms with Crippen molar-refractivity contribution in [2.45, 2.75) is 32.6 Å². The summed E-state index contributed by atoms with van der Waals surface area (Å²) < 4.78 is 10.3. The van der Waals surface area contributed by atoms with Crippen molar-refractivity contribution in [3.8, 4) is 17.2 Å². The Morgan fingerprint density at radius 1 is 1.14 bits per heavy atom. The van der Waals surface area contributed by atoms with Crippen molar-refractivity contribution in [1.29, 1.82) is 0 Å². The molecule has 2 aromatic rings. The van der Waals surface area contributed by atoms with Crippen molar-refractivity contribution >= 4 is 24.1 Å². The molecule has 0 aliphatic rings. The molecule has 1 aromatic heterocycles. The van der Waals surface area contributed by atoms with Crippen molar-refractivity contribution in [1.82, 2.24) is 15.0 Å². The first-order valence-corrected chi connectivity index (χ1v) is 8.90. The number of rotatable bonds is 10. The molecule has 0 saturated heterocycles. The Hall–Kier alpha value is -3.42. The zero-order valence-corrected chi connectivity index (χ0v) is 15.8. The van der Waals surface area contributed by atoms with E-state index in [0.29, 0.717) is 30.7 Å². The fraction of sp³-hybridized carbons (Fsp3) is 0.300. The number of hydrogen-bond donors (Lipinski definition) is 1. The van der Waals surface area contributed by atoms with Gasteiger partial charge in [0.1, 0.15) is 28.6 Å². The van der Waals surface area contributed by atoms with Crippen LogP contribution in [0.3, 0.4) is 0 Å². The number of esters is 2. The van der Waals surface area contributed by atoms with Crippen molar-refractivity contribution < 1.29 is 24.2 Å². The van der Waals surface area contributed by atoms with Crippen LogP contribution in [0.1, 0.15) is 44.0 Å². The van der Waals surface area contributed by atoms with E-state index in [0.717, 1.165) is 0 Å². The second-order valence-corrected chi connectivity index (χ2v) is 5.82. The van der Waals surface area contributed by atoms with Gasteiger partial charge in [0.05, 0.1) is 6.61 Å². The molecule has 0 radical (unpaired) electrons. The van der Waals surface area contributed by atoms with Gasteiger partial charge in [-0.3, -0.25) is 9.59 Å². The number of aromatic hydroxyl groups is 1. The quantitative estimate of drug-likeness (QED) is 0.380. The summed E-state index contributed by atoms with van der Waals surface area (Å²) in [6.07, 6.45) is 4.68. The average Bonchev–Trinajstić information content (AvgIpc) is 3.12. The fourth-order valence-corrected chi connectivity index (χ4v) is 2.30. The second-order valence-electron chi connectivity index (χ2n) is 5.82. The van der Waals surface area contributed by atoms with Crippen molar-refractivity contribution in [2.75, 3.05) is 6.61 Å². The fourth-order valence-electron chi connectivity index (χ4n) is 2.30. The molecule has 0 unspecified atom stereocenters. The van der Waals surface area contributed by atoms with Crippen molar-refractivity contribution in [3.05, 3.63) is 42.7 Å². The maximum Gasteiger partial charge on any atom is 0.311 e. The van der Waals surface area contributed by atoms with Gasteiger partial charge in [-0.1, -0.05) is 20.1 Å². The molecule has 0 fully saturated rings. The highest BCUT2D eigenvalue weighted by molar-refractivity contribution is 5.73. The molecule has 1 heterocycles. The zero-order valence-electron chi connectivity index (χ0n) is 15.8. The number of hydrogen-bond acceptors (Lipinski definition) is 7. The number of carbonyl (C=O) groups is 2. The van der Waals surface area contributed by atoms with Gasteiger partial charge in [-0.25, -0.2) is 0 Å². The molecule has 8 nitrogen and oxygen atoms in total. The molecule has 0 atom stereocenters. The molecular weight excluding hydrogens is 362 g/mol. The minimum atomic E-state index is -0.426. The smallest absolute Gasteiger partial charge is 0.311 e. The highest BCUT2D eigenvalue weighted by atomic mass is 16.5. The van der Waals surface area contributed by atoms with E-state index in [1.54, 1.807) is 6.92 Å². The zero-order chi connectivity index (χ0) is 20.5. The highest BCUT2D eigenvalue weighted by Gasteiger charge is 2.13. The number of carbonyl (C=O) groups excluding carboxylic acids is 2. The first kappa shape index (κ1) is 20.9. The maximum absolute atomic E-state index is 12.0. The molecule has 148 valence electrons. The predicted molar refractivity (Wildman–Crippen MR) is 104 cm³/mol. The van der Waals surface area contributed by atoms with Crippen molar-refractivity contribution in [3.63, 3.8) is 0 Å². The number of phenols is 1. The lowest BCUT2D eigenvalue weighted by Crippen LogP contribution is -2.09. The molecule has 28 heavy (non-hydrogen) atoms. The highest BCUT2D eigenvalue weighted by Crippen LogP contribution is 2.26. The van der Waals surface area contributed by atoms with Crippen LogP contribution in [0.25, 0.3) is 17.8 Å². The van der Waals surface area contributed by atoms with E-state index in [1.165, 1.54) is 35.1 Å². The number of aromatic nitrogens is 3. The molecule has 8 heteroatoms. The van der Waals surface area contributed by atoms with Crippen LogP contribution in [0.4, 0.5) is 0 Å². The molecule has 0 aliphatic carbocycles. The maximum atomic E-state index is 12.0. The third-order valence-corrected chi connectivity index (χ3v) is 3.78. The standard InChI is InChI=1S/C20H23N3O5/c1-4-15-16(5-2)22-23(21-15)17-13-14(10-11-18(17)24)28-20(26)9-7-8-12-27-19(25)6-3/h4-5,10-11,13,24H,1-2,6-9,12H2,3H3. The van der Waals surface area contributed by atoms with Crippen LogP contribution in [-0.4, -0.2) is 38.6 Å². The molecule has 1 N–H and O–H groups in total. The molecule has 0 spiro atoms. The van der Waals surface area contributed by atoms with Gasteiger partial charge in [-0.05, 0) is 37.1 Å². The number of benzene rings is 1. The Morgan fingerprint density at radius 2 is 1.82 bits per heavy atom. The van der Waals surface area contributed by atoms with Crippen LogP contribution in [-0.2, 0) is 14.3 Å². The van der Waals surface area contributed by atoms with Crippen LogP contribution < -0.4 is 4.74 Å². The van der Waals surface area contributed by atoms with Crippen LogP contribution in [0.5, 0.6) is 11.5 Å². The number of ether oxygens (including phenoxy) is 2. The Labute approximate surface area is 163 Å². The molecule has 0 saturated carbocycles. The lowest BCUT2D eigenvalue weighted by atomic mass is 10.2. The van der Waals surface area contributed by atoms with E-state index in [4.69, 9.17) is 9.47 Å². The number of phenolic OH excluding ortho intramolecular Hbond substituents is 1. The molecule has 0 amide bonds. The Kier molecular flexibility index (Phi) is 7.50. The van der Waals surface area contributed by atoms with Gasteiger partial charge in [0.2, 0.25) is 0 Å². The summed E-state index contributed by atoms with van der Waals surface area (Å²) in [5.74, 6) is -0.498. The van der Waals surface area contributed by atoms with Gasteiger partial charge >= 0.3 is 11.9 Å². The third kappa shape index (κ3) is 5.54. The van der Waals surface area contributed by atoms with E-state index in [-0.39, 0.29) is 36.2 Å². The average molecular weight is 385 g/mol. The van der Waals surface area contributed by atoms with Crippen LogP contribution in [0.2, 0.25) is 0 Å². The topological polar surface area (TPSA) is 104 Å². The van der Waals surface area contributed by atoms with Crippen LogP contribution in [0.15, 0.2) is 31.4 Å². The molecular formula is C20H23N3O5. The third-order valence-electron chi connectivity index (χ3n) is 3.78. The minimum absolute atomic E-state index is 0.0706. The van der Waals surface area contributed by atoms with E-state index >= 15 is 0 Å². The number of unbranched alkanes of at least 4 members (excludes halogenated alkanes) is 1. The Balaban J connectivity index is 1.98. The largest absolute Gasteiger partial charge is 0.506 e. The van der Waals surface area contributed by atoms with Gasteiger partial charge in [0.25, 0.3) is 0 Å². The predicted octanol–water partition coefficient (Wildman–Crippen LogP) is 3.29. The first-order chi connectivity index (χ1) is 13.5. The lowest BCUT2D eigenvalue weighted by molar-refractivity contribution is -0.143. The van der Waals surface area contributed by atoms with Crippen LogP contribution in [0, 0.1) is 0 Å². The SMILES string of the molecule is C=Cc1nn(-c2cc(OC(=O)CCCCOC(=O)CC)ccc2O)nc1C=C. The molecule has 1 aromatic carbocycles. The van der Waals surface area contributed by atoms with Gasteiger partial charge in [0.15, 0.2) is 0 Å². The summed E-state index contributed by atoms with van der Waals surface area (Å²) in [5, 5.41) is 18.5. The molecule has 0 aliphatic heterocycles. The van der Waals surface area contributed by atoms with E-state index in [2.05, 4.69) is 23.4 Å². The van der Waals surface area contributed by atoms with Gasteiger partial charge in [-0.2, -0.15) is 0 Å². The van der Waals surface area contributed by atoms with E-state index in [1.807, 2.05) is 0 Å². The monoisotopic (exact) mass is 385 g/mol. The minimum Gasteiger partial charge on any atom is -0.506 e. The van der Waals surface area contributed by atoms with E-state index < -0.39 is 5.97 Å². The summed E-state index contributed by atoms with van der Waals surface area (Å²) in [6, 6.07) is 4.34. The normalized spacial score (nSPS) is 10.3. The summed E-state index contributed by atoms with van der Waals surface area (Å²) in [7, 11) is 0. The summed E-state index contributed by atoms with van der Waals surface area (Å²) >= 11 is 0. The van der Waals surface area contributed by atoms with Crippen molar-refractivity contribution in [2.24, 2.45) is 0 Å². The summed E-state index contributed by atoms with van der Waals surface area (Å²) in [6.45, 7) is 9.32. The number of nitrogens with zero attached hydrogens (tertiary/aromatic N) is 3. The second kappa shape index (κ2) is 10.1. The lowest BCUT2D eigenvalue weighted by Gasteiger charge is -2.08. The van der Waals surface area contributed by atoms with Gasteiger partial charge < -0.3 is 14.6 Å². The van der Waals surface area contributed by atoms with Gasteiger partial charge in [0, 0.05) is 18.9 Å². The van der Waals surface area contributed by atoms with E-state index in [9.17, 15) is 14.7 Å².